The number of carboxylic acid groups (broad SMARTS) is 1. The number of hydrogen-bond donors (Lipinski definition) is 1. The summed E-state index contributed by atoms with van der Waals surface area (Å²) in [7, 11) is 1.98. The van der Waals surface area contributed by atoms with E-state index in [0.717, 1.165) is 24.4 Å². The Hall–Kier alpha value is -2.90. The number of likely N-dealkylation sites (tertiary alicyclic amines) is 1. The van der Waals surface area contributed by atoms with Crippen LogP contribution >= 0.6 is 0 Å². The third kappa shape index (κ3) is 3.62. The number of anilines is 1. The molecule has 2 aromatic heterocycles. The lowest BCUT2D eigenvalue weighted by Gasteiger charge is -2.36. The molecule has 1 aliphatic rings. The van der Waals surface area contributed by atoms with Crippen molar-refractivity contribution in [3.8, 4) is 0 Å². The molecule has 0 atom stereocenters. The molecule has 8 nitrogen and oxygen atoms in total. The van der Waals surface area contributed by atoms with Crippen molar-refractivity contribution in [1.29, 1.82) is 0 Å². The van der Waals surface area contributed by atoms with Crippen LogP contribution in [0.5, 0.6) is 0 Å². The van der Waals surface area contributed by atoms with E-state index in [4.69, 9.17) is 9.52 Å². The molecule has 1 amide bonds. The standard InChI is InChI=1S/C17H20N4O4/c1-11-3-6-15(19-18-11)20(2)12-7-9-21(10-8-12)16(22)13-4-5-14(25-13)17(23)24/h3-6,12H,7-10H2,1-2H3,(H,23,24). The smallest absolute Gasteiger partial charge is 0.371 e. The van der Waals surface area contributed by atoms with Gasteiger partial charge in [0.25, 0.3) is 5.91 Å². The fourth-order valence-electron chi connectivity index (χ4n) is 2.95. The van der Waals surface area contributed by atoms with Crippen molar-refractivity contribution in [2.24, 2.45) is 0 Å². The summed E-state index contributed by atoms with van der Waals surface area (Å²) >= 11 is 0. The first kappa shape index (κ1) is 16.9. The summed E-state index contributed by atoms with van der Waals surface area (Å²) in [6.45, 7) is 3.05. The molecule has 8 heteroatoms. The minimum absolute atomic E-state index is 0.0635. The van der Waals surface area contributed by atoms with Crippen LogP contribution in [0.3, 0.4) is 0 Å². The Morgan fingerprint density at radius 2 is 1.84 bits per heavy atom. The number of furan rings is 1. The number of rotatable bonds is 4. The van der Waals surface area contributed by atoms with E-state index in [1.54, 1.807) is 4.90 Å². The summed E-state index contributed by atoms with van der Waals surface area (Å²) in [5, 5.41) is 17.2. The molecule has 1 N–H and O–H groups in total. The zero-order valence-electron chi connectivity index (χ0n) is 14.2. The molecule has 1 fully saturated rings. The molecular weight excluding hydrogens is 324 g/mol. The van der Waals surface area contributed by atoms with Gasteiger partial charge in [-0.3, -0.25) is 4.79 Å². The molecule has 3 heterocycles. The number of aryl methyl sites for hydroxylation is 1. The van der Waals surface area contributed by atoms with E-state index >= 15 is 0 Å². The topological polar surface area (TPSA) is 99.8 Å². The van der Waals surface area contributed by atoms with Crippen LogP contribution in [0.1, 0.15) is 39.6 Å². The lowest BCUT2D eigenvalue weighted by molar-refractivity contribution is 0.0639. The second-order valence-corrected chi connectivity index (χ2v) is 6.14. The SMILES string of the molecule is Cc1ccc(N(C)C2CCN(C(=O)c3ccc(C(=O)O)o3)CC2)nn1. The predicted molar refractivity (Wildman–Crippen MR) is 89.8 cm³/mol. The Bertz CT molecular complexity index is 763. The van der Waals surface area contributed by atoms with Crippen LogP contribution in [-0.2, 0) is 0 Å². The number of carboxylic acids is 1. The van der Waals surface area contributed by atoms with Crippen molar-refractivity contribution in [1.82, 2.24) is 15.1 Å². The minimum Gasteiger partial charge on any atom is -0.475 e. The van der Waals surface area contributed by atoms with Crippen molar-refractivity contribution >= 4 is 17.7 Å². The van der Waals surface area contributed by atoms with Crippen molar-refractivity contribution in [2.45, 2.75) is 25.8 Å². The maximum absolute atomic E-state index is 12.4. The predicted octanol–water partition coefficient (Wildman–Crippen LogP) is 1.82. The van der Waals surface area contributed by atoms with E-state index in [2.05, 4.69) is 15.1 Å². The second kappa shape index (κ2) is 6.92. The maximum Gasteiger partial charge on any atom is 0.371 e. The summed E-state index contributed by atoms with van der Waals surface area (Å²) in [6.07, 6.45) is 1.59. The van der Waals surface area contributed by atoms with E-state index in [1.165, 1.54) is 12.1 Å². The van der Waals surface area contributed by atoms with Crippen LogP contribution in [0.25, 0.3) is 0 Å². The highest BCUT2D eigenvalue weighted by Gasteiger charge is 2.28. The summed E-state index contributed by atoms with van der Waals surface area (Å²) in [5.41, 5.74) is 0.872. The van der Waals surface area contributed by atoms with E-state index in [1.807, 2.05) is 26.1 Å². The molecule has 0 saturated carbocycles. The number of aromatic nitrogens is 2. The zero-order chi connectivity index (χ0) is 18.0. The Kier molecular flexibility index (Phi) is 4.69. The van der Waals surface area contributed by atoms with Crippen LogP contribution in [0.4, 0.5) is 5.82 Å². The first-order chi connectivity index (χ1) is 12.0. The van der Waals surface area contributed by atoms with Crippen molar-refractivity contribution in [3.05, 3.63) is 41.5 Å². The lowest BCUT2D eigenvalue weighted by Crippen LogP contribution is -2.45. The molecular formula is C17H20N4O4. The fourth-order valence-corrected chi connectivity index (χ4v) is 2.95. The Morgan fingerprint density at radius 1 is 1.16 bits per heavy atom. The zero-order valence-corrected chi connectivity index (χ0v) is 14.2. The molecule has 25 heavy (non-hydrogen) atoms. The van der Waals surface area contributed by atoms with Gasteiger partial charge in [-0.25, -0.2) is 4.79 Å². The Morgan fingerprint density at radius 3 is 2.40 bits per heavy atom. The molecule has 132 valence electrons. The van der Waals surface area contributed by atoms with Crippen LogP contribution in [-0.4, -0.2) is 58.3 Å². The molecule has 0 aromatic carbocycles. The van der Waals surface area contributed by atoms with Crippen LogP contribution in [0, 0.1) is 6.92 Å². The summed E-state index contributed by atoms with van der Waals surface area (Å²) < 4.78 is 5.10. The van der Waals surface area contributed by atoms with Gasteiger partial charge in [-0.15, -0.1) is 5.10 Å². The average molecular weight is 344 g/mol. The summed E-state index contributed by atoms with van der Waals surface area (Å²) in [6, 6.07) is 6.84. The number of amides is 1. The number of piperidine rings is 1. The third-order valence-corrected chi connectivity index (χ3v) is 4.47. The highest BCUT2D eigenvalue weighted by atomic mass is 16.4. The van der Waals surface area contributed by atoms with Gasteiger partial charge in [0.2, 0.25) is 5.76 Å². The van der Waals surface area contributed by atoms with Crippen LogP contribution in [0.15, 0.2) is 28.7 Å². The van der Waals surface area contributed by atoms with E-state index < -0.39 is 5.97 Å². The van der Waals surface area contributed by atoms with Gasteiger partial charge >= 0.3 is 5.97 Å². The van der Waals surface area contributed by atoms with E-state index in [0.29, 0.717) is 13.1 Å². The maximum atomic E-state index is 12.4. The molecule has 0 spiro atoms. The van der Waals surface area contributed by atoms with Gasteiger partial charge in [0.15, 0.2) is 11.6 Å². The van der Waals surface area contributed by atoms with Crippen molar-refractivity contribution in [3.63, 3.8) is 0 Å². The first-order valence-corrected chi connectivity index (χ1v) is 8.11. The number of carbonyl (C=O) groups is 2. The van der Waals surface area contributed by atoms with Crippen molar-refractivity contribution in [2.75, 3.05) is 25.0 Å². The number of aromatic carboxylic acids is 1. The first-order valence-electron chi connectivity index (χ1n) is 8.11. The number of carbonyl (C=O) groups excluding carboxylic acids is 1. The van der Waals surface area contributed by atoms with Gasteiger partial charge in [0, 0.05) is 26.2 Å². The largest absolute Gasteiger partial charge is 0.475 e. The highest BCUT2D eigenvalue weighted by molar-refractivity contribution is 5.93. The van der Waals surface area contributed by atoms with Gasteiger partial charge < -0.3 is 19.3 Å². The number of nitrogens with zero attached hydrogens (tertiary/aromatic N) is 4. The fraction of sp³-hybridized carbons (Fsp3) is 0.412. The molecule has 0 radical (unpaired) electrons. The molecule has 2 aromatic rings. The van der Waals surface area contributed by atoms with Gasteiger partial charge in [0.05, 0.1) is 5.69 Å². The number of hydrogen-bond acceptors (Lipinski definition) is 6. The minimum atomic E-state index is -1.18. The van der Waals surface area contributed by atoms with Crippen LogP contribution < -0.4 is 4.90 Å². The monoisotopic (exact) mass is 344 g/mol. The summed E-state index contributed by atoms with van der Waals surface area (Å²) in [4.78, 5) is 27.1. The normalized spacial score (nSPS) is 15.2. The van der Waals surface area contributed by atoms with Crippen LogP contribution in [0.2, 0.25) is 0 Å². The molecule has 0 bridgehead atoms. The quantitative estimate of drug-likeness (QED) is 0.903. The molecule has 3 rings (SSSR count). The molecule has 1 saturated heterocycles. The third-order valence-electron chi connectivity index (χ3n) is 4.47. The highest BCUT2D eigenvalue weighted by Crippen LogP contribution is 2.22. The Balaban J connectivity index is 1.60. The van der Waals surface area contributed by atoms with Gasteiger partial charge in [-0.1, -0.05) is 0 Å². The van der Waals surface area contributed by atoms with E-state index in [9.17, 15) is 9.59 Å². The molecule has 1 aliphatic heterocycles. The van der Waals surface area contributed by atoms with Gasteiger partial charge in [-0.05, 0) is 44.0 Å². The Labute approximate surface area is 145 Å². The van der Waals surface area contributed by atoms with E-state index in [-0.39, 0.29) is 23.5 Å². The van der Waals surface area contributed by atoms with Gasteiger partial charge in [0.1, 0.15) is 0 Å². The summed E-state index contributed by atoms with van der Waals surface area (Å²) in [5.74, 6) is -0.806. The second-order valence-electron chi connectivity index (χ2n) is 6.14. The molecule has 0 aliphatic carbocycles. The lowest BCUT2D eigenvalue weighted by atomic mass is 10.0. The molecule has 0 unspecified atom stereocenters. The average Bonchev–Trinajstić information content (AvgIpc) is 3.12. The van der Waals surface area contributed by atoms with Gasteiger partial charge in [-0.2, -0.15) is 5.10 Å². The van der Waals surface area contributed by atoms with Crippen molar-refractivity contribution < 1.29 is 19.1 Å².